The Morgan fingerprint density at radius 1 is 1.41 bits per heavy atom. The Hall–Kier alpha value is -1.26. The number of urea groups is 1. The van der Waals surface area contributed by atoms with Crippen LogP contribution < -0.4 is 5.32 Å². The normalized spacial score (nSPS) is 19.4. The highest BCUT2D eigenvalue weighted by Crippen LogP contribution is 2.23. The maximum atomic E-state index is 11.7. The molecule has 0 aliphatic carbocycles. The first-order valence-electron chi connectivity index (χ1n) is 6.24. The minimum absolute atomic E-state index is 0.0696. The fourth-order valence-corrected chi connectivity index (χ4v) is 2.00. The van der Waals surface area contributed by atoms with E-state index in [0.717, 1.165) is 12.8 Å². The van der Waals surface area contributed by atoms with E-state index in [1.54, 1.807) is 11.8 Å². The highest BCUT2D eigenvalue weighted by molar-refractivity contribution is 5.76. The quantitative estimate of drug-likeness (QED) is 0.768. The zero-order valence-electron chi connectivity index (χ0n) is 10.8. The molecule has 1 aliphatic rings. The number of carboxylic acids is 1. The van der Waals surface area contributed by atoms with Gasteiger partial charge < -0.3 is 15.3 Å². The van der Waals surface area contributed by atoms with E-state index in [4.69, 9.17) is 5.11 Å². The summed E-state index contributed by atoms with van der Waals surface area (Å²) < 4.78 is 0. The van der Waals surface area contributed by atoms with Gasteiger partial charge in [-0.15, -0.1) is 0 Å². The Balaban J connectivity index is 2.28. The Labute approximate surface area is 102 Å². The summed E-state index contributed by atoms with van der Waals surface area (Å²) >= 11 is 0. The zero-order valence-corrected chi connectivity index (χ0v) is 10.8. The SMILES string of the molecule is CCCC(C)NC(=O)N1CC(C(C)C(=O)O)C1. The summed E-state index contributed by atoms with van der Waals surface area (Å²) in [6.07, 6.45) is 2.01. The van der Waals surface area contributed by atoms with Crippen LogP contribution in [-0.2, 0) is 4.79 Å². The molecule has 0 bridgehead atoms. The van der Waals surface area contributed by atoms with Crippen molar-refractivity contribution in [2.24, 2.45) is 11.8 Å². The van der Waals surface area contributed by atoms with Gasteiger partial charge in [-0.1, -0.05) is 20.3 Å². The first kappa shape index (κ1) is 13.8. The summed E-state index contributed by atoms with van der Waals surface area (Å²) in [5.41, 5.74) is 0. The Bertz CT molecular complexity index is 287. The number of hydrogen-bond donors (Lipinski definition) is 2. The van der Waals surface area contributed by atoms with Crippen LogP contribution >= 0.6 is 0 Å². The molecule has 0 spiro atoms. The Morgan fingerprint density at radius 2 is 2.00 bits per heavy atom. The second-order valence-electron chi connectivity index (χ2n) is 4.93. The average molecular weight is 242 g/mol. The van der Waals surface area contributed by atoms with E-state index in [1.165, 1.54) is 0 Å². The van der Waals surface area contributed by atoms with Crippen molar-refractivity contribution in [3.63, 3.8) is 0 Å². The molecule has 0 aromatic heterocycles. The average Bonchev–Trinajstić information content (AvgIpc) is 2.14. The lowest BCUT2D eigenvalue weighted by molar-refractivity contribution is -0.144. The van der Waals surface area contributed by atoms with Crippen molar-refractivity contribution < 1.29 is 14.7 Å². The summed E-state index contributed by atoms with van der Waals surface area (Å²) in [6.45, 7) is 6.87. The van der Waals surface area contributed by atoms with Gasteiger partial charge in [0.05, 0.1) is 5.92 Å². The molecule has 2 atom stereocenters. The molecule has 1 saturated heterocycles. The van der Waals surface area contributed by atoms with Crippen LogP contribution in [0, 0.1) is 11.8 Å². The second kappa shape index (κ2) is 5.89. The van der Waals surface area contributed by atoms with Gasteiger partial charge in [0.25, 0.3) is 0 Å². The summed E-state index contributed by atoms with van der Waals surface area (Å²) in [5, 5.41) is 11.7. The lowest BCUT2D eigenvalue weighted by Crippen LogP contribution is -2.57. The molecule has 2 unspecified atom stereocenters. The van der Waals surface area contributed by atoms with Crippen LogP contribution in [0.2, 0.25) is 0 Å². The molecule has 0 saturated carbocycles. The predicted molar refractivity (Wildman–Crippen MR) is 64.8 cm³/mol. The molecule has 98 valence electrons. The standard InChI is InChI=1S/C12H22N2O3/c1-4-5-8(2)13-12(17)14-6-10(7-14)9(3)11(15)16/h8-10H,4-7H2,1-3H3,(H,13,17)(H,15,16). The number of nitrogens with zero attached hydrogens (tertiary/aromatic N) is 1. The maximum Gasteiger partial charge on any atom is 0.317 e. The maximum absolute atomic E-state index is 11.7. The molecule has 1 aliphatic heterocycles. The van der Waals surface area contributed by atoms with Gasteiger partial charge in [-0.3, -0.25) is 4.79 Å². The van der Waals surface area contributed by atoms with E-state index in [-0.39, 0.29) is 23.9 Å². The van der Waals surface area contributed by atoms with Gasteiger partial charge in [0.2, 0.25) is 0 Å². The molecule has 2 amide bonds. The van der Waals surface area contributed by atoms with Crippen LogP contribution in [0.3, 0.4) is 0 Å². The number of nitrogens with one attached hydrogen (secondary N) is 1. The first-order chi connectivity index (χ1) is 7.95. The molecule has 17 heavy (non-hydrogen) atoms. The monoisotopic (exact) mass is 242 g/mol. The van der Waals surface area contributed by atoms with Crippen molar-refractivity contribution in [3.8, 4) is 0 Å². The van der Waals surface area contributed by atoms with Gasteiger partial charge in [0, 0.05) is 25.0 Å². The second-order valence-corrected chi connectivity index (χ2v) is 4.93. The van der Waals surface area contributed by atoms with E-state index in [1.807, 2.05) is 6.92 Å². The number of amides is 2. The minimum Gasteiger partial charge on any atom is -0.481 e. The fraction of sp³-hybridized carbons (Fsp3) is 0.833. The van der Waals surface area contributed by atoms with Gasteiger partial charge in [-0.25, -0.2) is 4.79 Å². The van der Waals surface area contributed by atoms with Crippen LogP contribution in [0.5, 0.6) is 0 Å². The summed E-state index contributed by atoms with van der Waals surface area (Å²) in [6, 6.07) is 0.114. The number of carbonyl (C=O) groups is 2. The van der Waals surface area contributed by atoms with Crippen molar-refractivity contribution in [2.45, 2.75) is 39.7 Å². The number of carboxylic acid groups (broad SMARTS) is 1. The topological polar surface area (TPSA) is 69.6 Å². The molecule has 0 aromatic carbocycles. The summed E-state index contributed by atoms with van der Waals surface area (Å²) in [5.74, 6) is -1.05. The molecule has 1 fully saturated rings. The third kappa shape index (κ3) is 3.61. The van der Waals surface area contributed by atoms with Crippen LogP contribution in [0.15, 0.2) is 0 Å². The number of likely N-dealkylation sites (tertiary alicyclic amines) is 1. The zero-order chi connectivity index (χ0) is 13.0. The van der Waals surface area contributed by atoms with Gasteiger partial charge >= 0.3 is 12.0 Å². The number of hydrogen-bond acceptors (Lipinski definition) is 2. The largest absolute Gasteiger partial charge is 0.481 e. The highest BCUT2D eigenvalue weighted by atomic mass is 16.4. The number of rotatable bonds is 5. The Morgan fingerprint density at radius 3 is 2.47 bits per heavy atom. The molecular formula is C12H22N2O3. The third-order valence-corrected chi connectivity index (χ3v) is 3.39. The third-order valence-electron chi connectivity index (χ3n) is 3.39. The van der Waals surface area contributed by atoms with E-state index in [9.17, 15) is 9.59 Å². The molecule has 1 heterocycles. The lowest BCUT2D eigenvalue weighted by atomic mass is 9.87. The molecule has 5 nitrogen and oxygen atoms in total. The van der Waals surface area contributed by atoms with E-state index >= 15 is 0 Å². The highest BCUT2D eigenvalue weighted by Gasteiger charge is 2.37. The van der Waals surface area contributed by atoms with Gasteiger partial charge in [0.15, 0.2) is 0 Å². The number of aliphatic carboxylic acids is 1. The predicted octanol–water partition coefficient (Wildman–Crippen LogP) is 1.54. The van der Waals surface area contributed by atoms with Gasteiger partial charge in [-0.05, 0) is 13.3 Å². The smallest absolute Gasteiger partial charge is 0.317 e. The summed E-state index contributed by atoms with van der Waals surface area (Å²) in [4.78, 5) is 24.1. The molecular weight excluding hydrogens is 220 g/mol. The Kier molecular flexibility index (Phi) is 4.78. The fourth-order valence-electron chi connectivity index (χ4n) is 2.00. The molecule has 1 rings (SSSR count). The van der Waals surface area contributed by atoms with Gasteiger partial charge in [0.1, 0.15) is 0 Å². The summed E-state index contributed by atoms with van der Waals surface area (Å²) in [7, 11) is 0. The van der Waals surface area contributed by atoms with Crippen molar-refractivity contribution in [2.75, 3.05) is 13.1 Å². The van der Waals surface area contributed by atoms with Crippen molar-refractivity contribution in [1.82, 2.24) is 10.2 Å². The first-order valence-corrected chi connectivity index (χ1v) is 6.24. The van der Waals surface area contributed by atoms with E-state index < -0.39 is 5.97 Å². The molecule has 2 N–H and O–H groups in total. The molecule has 0 radical (unpaired) electrons. The van der Waals surface area contributed by atoms with Crippen molar-refractivity contribution >= 4 is 12.0 Å². The van der Waals surface area contributed by atoms with Crippen LogP contribution in [0.4, 0.5) is 4.79 Å². The lowest BCUT2D eigenvalue weighted by Gasteiger charge is -2.41. The van der Waals surface area contributed by atoms with Crippen LogP contribution in [-0.4, -0.2) is 41.1 Å². The van der Waals surface area contributed by atoms with Crippen LogP contribution in [0.25, 0.3) is 0 Å². The minimum atomic E-state index is -0.783. The molecule has 0 aromatic rings. The van der Waals surface area contributed by atoms with Crippen molar-refractivity contribution in [1.29, 1.82) is 0 Å². The van der Waals surface area contributed by atoms with Gasteiger partial charge in [-0.2, -0.15) is 0 Å². The van der Waals surface area contributed by atoms with Crippen molar-refractivity contribution in [3.05, 3.63) is 0 Å². The van der Waals surface area contributed by atoms with Crippen LogP contribution in [0.1, 0.15) is 33.6 Å². The van der Waals surface area contributed by atoms with E-state index in [2.05, 4.69) is 12.2 Å². The van der Waals surface area contributed by atoms with E-state index in [0.29, 0.717) is 13.1 Å². The molecule has 5 heteroatoms. The number of carbonyl (C=O) groups excluding carboxylic acids is 1.